The van der Waals surface area contributed by atoms with Crippen LogP contribution in [0.4, 0.5) is 10.5 Å². The first kappa shape index (κ1) is 26.3. The fourth-order valence-electron chi connectivity index (χ4n) is 4.12. The average molecular weight is 524 g/mol. The molecule has 0 aromatic heterocycles. The van der Waals surface area contributed by atoms with E-state index < -0.39 is 11.1 Å². The summed E-state index contributed by atoms with van der Waals surface area (Å²) in [7, 11) is 1.47. The second-order valence-corrected chi connectivity index (χ2v) is 9.82. The number of benzene rings is 2. The van der Waals surface area contributed by atoms with E-state index >= 15 is 0 Å². The lowest BCUT2D eigenvalue weighted by Crippen LogP contribution is -2.44. The van der Waals surface area contributed by atoms with E-state index in [1.807, 2.05) is 25.1 Å². The second kappa shape index (κ2) is 12.0. The van der Waals surface area contributed by atoms with E-state index in [2.05, 4.69) is 5.32 Å². The molecule has 0 bridgehead atoms. The van der Waals surface area contributed by atoms with E-state index in [1.165, 1.54) is 7.11 Å². The Kier molecular flexibility index (Phi) is 8.50. The van der Waals surface area contributed by atoms with Gasteiger partial charge in [0.25, 0.3) is 17.1 Å². The number of ether oxygens (including phenoxy) is 2. The van der Waals surface area contributed by atoms with Gasteiger partial charge in [0.05, 0.1) is 12.0 Å². The highest BCUT2D eigenvalue weighted by molar-refractivity contribution is 8.18. The minimum atomic E-state index is -0.493. The van der Waals surface area contributed by atoms with Crippen LogP contribution >= 0.6 is 11.8 Å². The molecule has 2 heterocycles. The summed E-state index contributed by atoms with van der Waals surface area (Å²) in [5.41, 5.74) is 2.33. The molecule has 0 unspecified atom stereocenters. The fraction of sp³-hybridized carbons (Fsp3) is 0.333. The lowest BCUT2D eigenvalue weighted by Gasteiger charge is -2.27. The van der Waals surface area contributed by atoms with Gasteiger partial charge in [-0.25, -0.2) is 0 Å². The van der Waals surface area contributed by atoms with Gasteiger partial charge in [-0.15, -0.1) is 0 Å². The first-order valence-corrected chi connectivity index (χ1v) is 12.9. The maximum absolute atomic E-state index is 12.9. The van der Waals surface area contributed by atoms with Crippen LogP contribution in [-0.2, 0) is 14.4 Å². The van der Waals surface area contributed by atoms with E-state index in [1.54, 1.807) is 35.2 Å². The molecular formula is C27H29N3O6S. The van der Waals surface area contributed by atoms with Gasteiger partial charge in [0.2, 0.25) is 5.91 Å². The van der Waals surface area contributed by atoms with Gasteiger partial charge in [-0.1, -0.05) is 18.2 Å². The van der Waals surface area contributed by atoms with E-state index in [-0.39, 0.29) is 29.9 Å². The smallest absolute Gasteiger partial charge is 0.294 e. The molecule has 0 aliphatic carbocycles. The van der Waals surface area contributed by atoms with Crippen molar-refractivity contribution in [2.75, 3.05) is 38.7 Å². The van der Waals surface area contributed by atoms with Crippen molar-refractivity contribution in [2.24, 2.45) is 0 Å². The van der Waals surface area contributed by atoms with E-state index in [0.29, 0.717) is 35.8 Å². The molecule has 0 atom stereocenters. The van der Waals surface area contributed by atoms with Crippen molar-refractivity contribution in [1.82, 2.24) is 9.80 Å². The van der Waals surface area contributed by atoms with Gasteiger partial charge < -0.3 is 19.7 Å². The summed E-state index contributed by atoms with van der Waals surface area (Å²) in [6.07, 6.45) is 4.54. The van der Waals surface area contributed by atoms with Crippen LogP contribution in [0.3, 0.4) is 0 Å². The Bertz CT molecular complexity index is 1240. The maximum Gasteiger partial charge on any atom is 0.294 e. The van der Waals surface area contributed by atoms with Crippen LogP contribution < -0.4 is 14.8 Å². The Labute approximate surface area is 219 Å². The standard InChI is InChI=1S/C27H29N3O6S/c1-18-7-6-8-20(13-18)28-24(31)17-36-21-10-9-19(14-22(21)35-2)15-23-26(33)30(27(34)37-23)16-25(32)29-11-4-3-5-12-29/h6-10,13-15H,3-5,11-12,16-17H2,1-2H3,(H,28,31)/b23-15+. The fourth-order valence-corrected chi connectivity index (χ4v) is 4.96. The third kappa shape index (κ3) is 6.71. The number of nitrogens with one attached hydrogen (secondary N) is 1. The van der Waals surface area contributed by atoms with Gasteiger partial charge >= 0.3 is 0 Å². The van der Waals surface area contributed by atoms with Gasteiger partial charge in [-0.2, -0.15) is 0 Å². The quantitative estimate of drug-likeness (QED) is 0.520. The Morgan fingerprint density at radius 3 is 2.57 bits per heavy atom. The van der Waals surface area contributed by atoms with Crippen LogP contribution in [0, 0.1) is 6.92 Å². The largest absolute Gasteiger partial charge is 0.493 e. The van der Waals surface area contributed by atoms with Crippen molar-refractivity contribution in [2.45, 2.75) is 26.2 Å². The third-order valence-corrected chi connectivity index (χ3v) is 6.93. The molecule has 2 aromatic carbocycles. The Balaban J connectivity index is 1.38. The number of hydrogen-bond donors (Lipinski definition) is 1. The van der Waals surface area contributed by atoms with Crippen molar-refractivity contribution >= 4 is 46.5 Å². The molecule has 2 fully saturated rings. The lowest BCUT2D eigenvalue weighted by molar-refractivity contribution is -0.136. The molecule has 2 saturated heterocycles. The van der Waals surface area contributed by atoms with Gasteiger partial charge in [0, 0.05) is 18.8 Å². The highest BCUT2D eigenvalue weighted by Crippen LogP contribution is 2.34. The maximum atomic E-state index is 12.9. The number of piperidine rings is 1. The van der Waals surface area contributed by atoms with Crippen LogP contribution in [0.15, 0.2) is 47.4 Å². The molecule has 2 aliphatic rings. The SMILES string of the molecule is COc1cc(/C=C2/SC(=O)N(CC(=O)N3CCCCC3)C2=O)ccc1OCC(=O)Nc1cccc(C)c1. The van der Waals surface area contributed by atoms with Crippen molar-refractivity contribution < 1.29 is 28.7 Å². The van der Waals surface area contributed by atoms with E-state index in [9.17, 15) is 19.2 Å². The van der Waals surface area contributed by atoms with E-state index in [0.717, 1.165) is 41.5 Å². The van der Waals surface area contributed by atoms with E-state index in [4.69, 9.17) is 9.47 Å². The number of nitrogens with zero attached hydrogens (tertiary/aromatic N) is 2. The topological polar surface area (TPSA) is 105 Å². The van der Waals surface area contributed by atoms with Crippen molar-refractivity contribution in [3.05, 3.63) is 58.5 Å². The minimum Gasteiger partial charge on any atom is -0.493 e. The van der Waals surface area contributed by atoms with Crippen LogP contribution in [0.2, 0.25) is 0 Å². The number of imide groups is 1. The summed E-state index contributed by atoms with van der Waals surface area (Å²) in [4.78, 5) is 53.1. The van der Waals surface area contributed by atoms with Crippen LogP contribution in [-0.4, -0.2) is 66.1 Å². The van der Waals surface area contributed by atoms with Gasteiger partial charge in [0.15, 0.2) is 18.1 Å². The van der Waals surface area contributed by atoms with Crippen LogP contribution in [0.1, 0.15) is 30.4 Å². The van der Waals surface area contributed by atoms with Crippen molar-refractivity contribution in [1.29, 1.82) is 0 Å². The Hall–Kier alpha value is -3.79. The number of aryl methyl sites for hydroxylation is 1. The van der Waals surface area contributed by atoms with Gasteiger partial charge in [-0.3, -0.25) is 24.1 Å². The first-order chi connectivity index (χ1) is 17.8. The highest BCUT2D eigenvalue weighted by Gasteiger charge is 2.37. The number of carbonyl (C=O) groups is 4. The second-order valence-electron chi connectivity index (χ2n) is 8.83. The number of rotatable bonds is 8. The molecule has 194 valence electrons. The molecule has 9 nitrogen and oxygen atoms in total. The molecule has 2 aliphatic heterocycles. The van der Waals surface area contributed by atoms with Crippen molar-refractivity contribution in [3.8, 4) is 11.5 Å². The zero-order chi connectivity index (χ0) is 26.4. The number of amides is 4. The minimum absolute atomic E-state index is 0.210. The number of carbonyl (C=O) groups excluding carboxylic acids is 4. The zero-order valence-corrected chi connectivity index (χ0v) is 21.6. The zero-order valence-electron chi connectivity index (χ0n) is 20.8. The Morgan fingerprint density at radius 2 is 1.84 bits per heavy atom. The summed E-state index contributed by atoms with van der Waals surface area (Å²) in [6, 6.07) is 12.4. The monoisotopic (exact) mass is 523 g/mol. The molecule has 0 spiro atoms. The predicted molar refractivity (Wildman–Crippen MR) is 141 cm³/mol. The third-order valence-electron chi connectivity index (χ3n) is 6.02. The van der Waals surface area contributed by atoms with Crippen molar-refractivity contribution in [3.63, 3.8) is 0 Å². The molecule has 0 saturated carbocycles. The molecular weight excluding hydrogens is 494 g/mol. The number of likely N-dealkylation sites (tertiary alicyclic amines) is 1. The molecule has 0 radical (unpaired) electrons. The van der Waals surface area contributed by atoms with Gasteiger partial charge in [-0.05, 0) is 79.4 Å². The number of thioether (sulfide) groups is 1. The highest BCUT2D eigenvalue weighted by atomic mass is 32.2. The molecule has 4 amide bonds. The summed E-state index contributed by atoms with van der Waals surface area (Å²) in [5.74, 6) is -0.286. The number of methoxy groups -OCH3 is 1. The van der Waals surface area contributed by atoms with Gasteiger partial charge in [0.1, 0.15) is 6.54 Å². The summed E-state index contributed by atoms with van der Waals surface area (Å²) < 4.78 is 11.0. The molecule has 4 rings (SSSR count). The first-order valence-electron chi connectivity index (χ1n) is 12.0. The summed E-state index contributed by atoms with van der Waals surface area (Å²) in [6.45, 7) is 2.80. The number of anilines is 1. The molecule has 1 N–H and O–H groups in total. The summed E-state index contributed by atoms with van der Waals surface area (Å²) >= 11 is 0.802. The molecule has 37 heavy (non-hydrogen) atoms. The lowest BCUT2D eigenvalue weighted by atomic mass is 10.1. The molecule has 2 aromatic rings. The van der Waals surface area contributed by atoms with Crippen LogP contribution in [0.5, 0.6) is 11.5 Å². The number of hydrogen-bond acceptors (Lipinski definition) is 7. The average Bonchev–Trinajstić information content (AvgIpc) is 3.15. The molecule has 10 heteroatoms. The van der Waals surface area contributed by atoms with Crippen LogP contribution in [0.25, 0.3) is 6.08 Å². The predicted octanol–water partition coefficient (Wildman–Crippen LogP) is 4.07. The Morgan fingerprint density at radius 1 is 1.05 bits per heavy atom. The summed E-state index contributed by atoms with van der Waals surface area (Å²) in [5, 5.41) is 2.31. The normalized spacial score (nSPS) is 16.8.